The van der Waals surface area contributed by atoms with E-state index < -0.39 is 12.6 Å². The Morgan fingerprint density at radius 2 is 2.21 bits per heavy atom. The molecule has 0 amide bonds. The van der Waals surface area contributed by atoms with E-state index in [1.165, 1.54) is 6.08 Å². The fraction of sp³-hybridized carbons (Fsp3) is 0.308. The Bertz CT molecular complexity index is 474. The predicted molar refractivity (Wildman–Crippen MR) is 73.5 cm³/mol. The molecular formula is C13H14BrFO4. The lowest BCUT2D eigenvalue weighted by Gasteiger charge is -2.13. The summed E-state index contributed by atoms with van der Waals surface area (Å²) in [6, 6.07) is 3.32. The van der Waals surface area contributed by atoms with Crippen molar-refractivity contribution in [3.8, 4) is 11.5 Å². The SMILES string of the molecule is CCOc1cc(/C=C/C(=O)O)cc(Br)c1OCCF. The van der Waals surface area contributed by atoms with Crippen LogP contribution in [0.15, 0.2) is 22.7 Å². The molecule has 0 aliphatic carbocycles. The first-order valence-electron chi connectivity index (χ1n) is 5.64. The molecule has 19 heavy (non-hydrogen) atoms. The van der Waals surface area contributed by atoms with Gasteiger partial charge >= 0.3 is 5.97 Å². The number of ether oxygens (including phenoxy) is 2. The molecule has 0 saturated heterocycles. The van der Waals surface area contributed by atoms with Crippen molar-refractivity contribution in [2.75, 3.05) is 19.9 Å². The summed E-state index contributed by atoms with van der Waals surface area (Å²) >= 11 is 3.30. The molecule has 0 aliphatic rings. The van der Waals surface area contributed by atoms with Crippen molar-refractivity contribution in [2.24, 2.45) is 0 Å². The van der Waals surface area contributed by atoms with E-state index in [-0.39, 0.29) is 6.61 Å². The van der Waals surface area contributed by atoms with Gasteiger partial charge in [-0.3, -0.25) is 0 Å². The minimum Gasteiger partial charge on any atom is -0.490 e. The number of rotatable bonds is 7. The van der Waals surface area contributed by atoms with Crippen molar-refractivity contribution in [1.82, 2.24) is 0 Å². The van der Waals surface area contributed by atoms with Crippen LogP contribution in [0.4, 0.5) is 4.39 Å². The second-order valence-electron chi connectivity index (χ2n) is 3.47. The molecule has 104 valence electrons. The number of hydrogen-bond acceptors (Lipinski definition) is 3. The molecule has 1 N–H and O–H groups in total. The van der Waals surface area contributed by atoms with Crippen LogP contribution < -0.4 is 9.47 Å². The van der Waals surface area contributed by atoms with Gasteiger partial charge in [-0.15, -0.1) is 0 Å². The Hall–Kier alpha value is -1.56. The van der Waals surface area contributed by atoms with E-state index in [0.717, 1.165) is 6.08 Å². The van der Waals surface area contributed by atoms with E-state index >= 15 is 0 Å². The number of carboxylic acids is 1. The number of carbonyl (C=O) groups is 1. The molecular weight excluding hydrogens is 319 g/mol. The number of benzene rings is 1. The van der Waals surface area contributed by atoms with Crippen LogP contribution in [0.3, 0.4) is 0 Å². The summed E-state index contributed by atoms with van der Waals surface area (Å²) < 4.78 is 23.4. The van der Waals surface area contributed by atoms with Crippen molar-refractivity contribution in [3.63, 3.8) is 0 Å². The number of halogens is 2. The van der Waals surface area contributed by atoms with Crippen LogP contribution in [0.2, 0.25) is 0 Å². The van der Waals surface area contributed by atoms with Crippen LogP contribution in [0.25, 0.3) is 6.08 Å². The highest BCUT2D eigenvalue weighted by Gasteiger charge is 2.11. The molecule has 0 saturated carbocycles. The van der Waals surface area contributed by atoms with Gasteiger partial charge in [0.05, 0.1) is 11.1 Å². The van der Waals surface area contributed by atoms with Gasteiger partial charge in [-0.05, 0) is 46.6 Å². The van der Waals surface area contributed by atoms with Gasteiger partial charge in [-0.25, -0.2) is 9.18 Å². The van der Waals surface area contributed by atoms with Gasteiger partial charge in [0.1, 0.15) is 13.3 Å². The van der Waals surface area contributed by atoms with Gasteiger partial charge in [0.2, 0.25) is 0 Å². The smallest absolute Gasteiger partial charge is 0.328 e. The number of aliphatic carboxylic acids is 1. The molecule has 6 heteroatoms. The zero-order valence-electron chi connectivity index (χ0n) is 10.4. The summed E-state index contributed by atoms with van der Waals surface area (Å²) in [5.41, 5.74) is 0.644. The number of carboxylic acid groups (broad SMARTS) is 1. The molecule has 0 bridgehead atoms. The zero-order valence-corrected chi connectivity index (χ0v) is 11.9. The molecule has 0 radical (unpaired) electrons. The average Bonchev–Trinajstić information content (AvgIpc) is 2.36. The summed E-state index contributed by atoms with van der Waals surface area (Å²) in [6.07, 6.45) is 2.47. The fourth-order valence-corrected chi connectivity index (χ4v) is 1.97. The first-order valence-corrected chi connectivity index (χ1v) is 6.44. The minimum absolute atomic E-state index is 0.0665. The zero-order chi connectivity index (χ0) is 14.3. The number of alkyl halides is 1. The van der Waals surface area contributed by atoms with Crippen LogP contribution in [0, 0.1) is 0 Å². The lowest BCUT2D eigenvalue weighted by molar-refractivity contribution is -0.131. The van der Waals surface area contributed by atoms with Gasteiger partial charge in [-0.2, -0.15) is 0 Å². The van der Waals surface area contributed by atoms with E-state index in [1.54, 1.807) is 12.1 Å². The van der Waals surface area contributed by atoms with Gasteiger partial charge in [-0.1, -0.05) is 0 Å². The Morgan fingerprint density at radius 1 is 1.47 bits per heavy atom. The third-order valence-electron chi connectivity index (χ3n) is 2.07. The molecule has 1 rings (SSSR count). The summed E-state index contributed by atoms with van der Waals surface area (Å²) in [5, 5.41) is 8.59. The van der Waals surface area contributed by atoms with Crippen molar-refractivity contribution in [1.29, 1.82) is 0 Å². The molecule has 0 unspecified atom stereocenters. The van der Waals surface area contributed by atoms with Crippen LogP contribution in [-0.2, 0) is 4.79 Å². The topological polar surface area (TPSA) is 55.8 Å². The molecule has 0 fully saturated rings. The minimum atomic E-state index is -1.04. The first kappa shape index (κ1) is 15.5. The molecule has 0 spiro atoms. The maximum Gasteiger partial charge on any atom is 0.328 e. The normalized spacial score (nSPS) is 10.7. The lowest BCUT2D eigenvalue weighted by atomic mass is 10.2. The second kappa shape index (κ2) is 7.78. The predicted octanol–water partition coefficient (Wildman–Crippen LogP) is 3.29. The summed E-state index contributed by atoms with van der Waals surface area (Å²) in [7, 11) is 0. The van der Waals surface area contributed by atoms with Crippen molar-refractivity contribution in [2.45, 2.75) is 6.92 Å². The highest BCUT2D eigenvalue weighted by molar-refractivity contribution is 9.10. The van der Waals surface area contributed by atoms with Crippen LogP contribution in [0.1, 0.15) is 12.5 Å². The van der Waals surface area contributed by atoms with E-state index in [0.29, 0.717) is 28.1 Å². The summed E-state index contributed by atoms with van der Waals surface area (Å²) in [5.74, 6) is -0.186. The van der Waals surface area contributed by atoms with Crippen molar-refractivity contribution < 1.29 is 23.8 Å². The highest BCUT2D eigenvalue weighted by Crippen LogP contribution is 2.37. The van der Waals surface area contributed by atoms with Crippen molar-refractivity contribution >= 4 is 28.0 Å². The summed E-state index contributed by atoms with van der Waals surface area (Å²) in [6.45, 7) is 1.57. The van der Waals surface area contributed by atoms with Crippen LogP contribution >= 0.6 is 15.9 Å². The molecule has 1 aromatic rings. The van der Waals surface area contributed by atoms with Crippen LogP contribution in [-0.4, -0.2) is 31.0 Å². The fourth-order valence-electron chi connectivity index (χ4n) is 1.40. The molecule has 0 atom stereocenters. The Kier molecular flexibility index (Phi) is 6.35. The molecule has 4 nitrogen and oxygen atoms in total. The summed E-state index contributed by atoms with van der Waals surface area (Å²) in [4.78, 5) is 10.5. The first-order chi connectivity index (χ1) is 9.08. The lowest BCUT2D eigenvalue weighted by Crippen LogP contribution is -2.03. The van der Waals surface area contributed by atoms with E-state index in [1.807, 2.05) is 6.92 Å². The van der Waals surface area contributed by atoms with Gasteiger partial charge in [0.25, 0.3) is 0 Å². The van der Waals surface area contributed by atoms with Gasteiger partial charge < -0.3 is 14.6 Å². The Balaban J connectivity index is 3.08. The molecule has 1 aromatic carbocycles. The monoisotopic (exact) mass is 332 g/mol. The van der Waals surface area contributed by atoms with E-state index in [4.69, 9.17) is 14.6 Å². The second-order valence-corrected chi connectivity index (χ2v) is 4.33. The quantitative estimate of drug-likeness (QED) is 0.778. The van der Waals surface area contributed by atoms with E-state index in [9.17, 15) is 9.18 Å². The maximum atomic E-state index is 12.2. The maximum absolute atomic E-state index is 12.2. The van der Waals surface area contributed by atoms with Crippen molar-refractivity contribution in [3.05, 3.63) is 28.2 Å². The van der Waals surface area contributed by atoms with E-state index in [2.05, 4.69) is 15.9 Å². The third kappa shape index (κ3) is 4.90. The average molecular weight is 333 g/mol. The Morgan fingerprint density at radius 3 is 2.79 bits per heavy atom. The standard InChI is InChI=1S/C13H14BrFO4/c1-2-18-11-8-9(3-4-12(16)17)7-10(14)13(11)19-6-5-15/h3-4,7-8H,2,5-6H2,1H3,(H,16,17)/b4-3+. The molecule has 0 heterocycles. The Labute approximate surface area is 119 Å². The van der Waals surface area contributed by atoms with Crippen LogP contribution in [0.5, 0.6) is 11.5 Å². The third-order valence-corrected chi connectivity index (χ3v) is 2.66. The van der Waals surface area contributed by atoms with Gasteiger partial charge in [0.15, 0.2) is 11.5 Å². The molecule has 0 aliphatic heterocycles. The van der Waals surface area contributed by atoms with Gasteiger partial charge in [0, 0.05) is 6.08 Å². The molecule has 0 aromatic heterocycles. The largest absolute Gasteiger partial charge is 0.490 e. The highest BCUT2D eigenvalue weighted by atomic mass is 79.9. The number of hydrogen-bond donors (Lipinski definition) is 1.